The standard InChI is InChI=1S/C16H24N6O/c1-13(2)23-16-15(18-4-5-19-16)22-10-8-21(9-11-22)12-14-17-6-7-20(14)3/h4-7,13H,8-12H2,1-3H3. The Morgan fingerprint density at radius 2 is 1.78 bits per heavy atom. The van der Waals surface area contributed by atoms with Crippen LogP contribution >= 0.6 is 0 Å². The number of rotatable bonds is 5. The van der Waals surface area contributed by atoms with Gasteiger partial charge in [-0.15, -0.1) is 0 Å². The molecule has 1 aliphatic rings. The van der Waals surface area contributed by atoms with E-state index in [9.17, 15) is 0 Å². The van der Waals surface area contributed by atoms with Crippen LogP contribution in [0.5, 0.6) is 5.88 Å². The third-order valence-corrected chi connectivity index (χ3v) is 3.95. The number of aryl methyl sites for hydroxylation is 1. The van der Waals surface area contributed by atoms with Crippen molar-refractivity contribution >= 4 is 5.82 Å². The molecule has 0 aliphatic carbocycles. The van der Waals surface area contributed by atoms with Gasteiger partial charge in [-0.2, -0.15) is 0 Å². The number of anilines is 1. The van der Waals surface area contributed by atoms with E-state index in [2.05, 4.69) is 29.3 Å². The SMILES string of the molecule is CC(C)Oc1nccnc1N1CCN(Cc2nccn2C)CC1. The molecule has 0 amide bonds. The van der Waals surface area contributed by atoms with Crippen LogP contribution in [-0.4, -0.2) is 56.7 Å². The van der Waals surface area contributed by atoms with Gasteiger partial charge in [0, 0.05) is 58.0 Å². The number of nitrogens with zero attached hydrogens (tertiary/aromatic N) is 6. The molecule has 3 heterocycles. The first kappa shape index (κ1) is 15.7. The Morgan fingerprint density at radius 1 is 1.04 bits per heavy atom. The zero-order chi connectivity index (χ0) is 16.2. The maximum atomic E-state index is 5.78. The Balaban J connectivity index is 1.62. The Bertz CT molecular complexity index is 633. The van der Waals surface area contributed by atoms with E-state index < -0.39 is 0 Å². The number of aromatic nitrogens is 4. The molecule has 0 spiro atoms. The topological polar surface area (TPSA) is 59.3 Å². The van der Waals surface area contributed by atoms with Crippen molar-refractivity contribution < 1.29 is 4.74 Å². The van der Waals surface area contributed by atoms with Gasteiger partial charge < -0.3 is 14.2 Å². The molecule has 0 N–H and O–H groups in total. The molecule has 0 aromatic carbocycles. The fourth-order valence-corrected chi connectivity index (χ4v) is 2.71. The minimum atomic E-state index is 0.0927. The van der Waals surface area contributed by atoms with Crippen LogP contribution in [0.15, 0.2) is 24.8 Å². The summed E-state index contributed by atoms with van der Waals surface area (Å²) in [6, 6.07) is 0. The summed E-state index contributed by atoms with van der Waals surface area (Å²) in [5, 5.41) is 0. The molecule has 2 aromatic rings. The molecule has 0 radical (unpaired) electrons. The minimum Gasteiger partial charge on any atom is -0.472 e. The van der Waals surface area contributed by atoms with Gasteiger partial charge in [0.25, 0.3) is 5.88 Å². The average molecular weight is 316 g/mol. The molecule has 0 saturated carbocycles. The minimum absolute atomic E-state index is 0.0927. The molecule has 7 heteroatoms. The summed E-state index contributed by atoms with van der Waals surface area (Å²) in [5.41, 5.74) is 0. The molecule has 7 nitrogen and oxygen atoms in total. The maximum Gasteiger partial charge on any atom is 0.257 e. The molecule has 124 valence electrons. The van der Waals surface area contributed by atoms with E-state index in [-0.39, 0.29) is 6.10 Å². The Hall–Kier alpha value is -2.15. The first-order valence-electron chi connectivity index (χ1n) is 8.04. The maximum absolute atomic E-state index is 5.78. The number of piperazine rings is 1. The second-order valence-electron chi connectivity index (χ2n) is 6.07. The van der Waals surface area contributed by atoms with Gasteiger partial charge in [-0.3, -0.25) is 4.90 Å². The van der Waals surface area contributed by atoms with Gasteiger partial charge >= 0.3 is 0 Å². The van der Waals surface area contributed by atoms with E-state index in [4.69, 9.17) is 4.74 Å². The van der Waals surface area contributed by atoms with Crippen molar-refractivity contribution in [1.29, 1.82) is 0 Å². The number of hydrogen-bond acceptors (Lipinski definition) is 6. The van der Waals surface area contributed by atoms with Crippen LogP contribution in [0.3, 0.4) is 0 Å². The van der Waals surface area contributed by atoms with Crippen molar-refractivity contribution in [1.82, 2.24) is 24.4 Å². The van der Waals surface area contributed by atoms with Crippen LogP contribution in [0, 0.1) is 0 Å². The Morgan fingerprint density at radius 3 is 2.43 bits per heavy atom. The van der Waals surface area contributed by atoms with Crippen molar-refractivity contribution in [3.63, 3.8) is 0 Å². The largest absolute Gasteiger partial charge is 0.472 e. The molecule has 1 aliphatic heterocycles. The van der Waals surface area contributed by atoms with E-state index >= 15 is 0 Å². The highest BCUT2D eigenvalue weighted by Crippen LogP contribution is 2.24. The third-order valence-electron chi connectivity index (χ3n) is 3.95. The second-order valence-corrected chi connectivity index (χ2v) is 6.07. The second kappa shape index (κ2) is 6.95. The van der Waals surface area contributed by atoms with Crippen molar-refractivity contribution in [2.75, 3.05) is 31.1 Å². The first-order valence-corrected chi connectivity index (χ1v) is 8.04. The number of imidazole rings is 1. The van der Waals surface area contributed by atoms with Gasteiger partial charge in [0.1, 0.15) is 5.82 Å². The van der Waals surface area contributed by atoms with Gasteiger partial charge in [-0.25, -0.2) is 15.0 Å². The molecular formula is C16H24N6O. The van der Waals surface area contributed by atoms with E-state index in [0.29, 0.717) is 5.88 Å². The highest BCUT2D eigenvalue weighted by molar-refractivity contribution is 5.48. The lowest BCUT2D eigenvalue weighted by Gasteiger charge is -2.35. The molecule has 0 bridgehead atoms. The molecule has 1 fully saturated rings. The molecule has 23 heavy (non-hydrogen) atoms. The number of ether oxygens (including phenoxy) is 1. The van der Waals surface area contributed by atoms with Crippen LogP contribution in [0.2, 0.25) is 0 Å². The van der Waals surface area contributed by atoms with E-state index in [1.807, 2.05) is 33.3 Å². The van der Waals surface area contributed by atoms with Gasteiger partial charge in [0.05, 0.1) is 12.6 Å². The summed E-state index contributed by atoms with van der Waals surface area (Å²) in [7, 11) is 2.04. The smallest absolute Gasteiger partial charge is 0.257 e. The monoisotopic (exact) mass is 316 g/mol. The zero-order valence-corrected chi connectivity index (χ0v) is 14.0. The summed E-state index contributed by atoms with van der Waals surface area (Å²) in [5.74, 6) is 2.57. The van der Waals surface area contributed by atoms with E-state index in [1.54, 1.807) is 12.4 Å². The summed E-state index contributed by atoms with van der Waals surface area (Å²) in [6.45, 7) is 8.67. The summed E-state index contributed by atoms with van der Waals surface area (Å²) in [6.07, 6.45) is 7.33. The fourth-order valence-electron chi connectivity index (χ4n) is 2.71. The van der Waals surface area contributed by atoms with Gasteiger partial charge in [-0.05, 0) is 13.8 Å². The van der Waals surface area contributed by atoms with Gasteiger partial charge in [0.15, 0.2) is 5.82 Å². The van der Waals surface area contributed by atoms with Crippen LogP contribution < -0.4 is 9.64 Å². The van der Waals surface area contributed by atoms with E-state index in [0.717, 1.165) is 44.4 Å². The van der Waals surface area contributed by atoms with Gasteiger partial charge in [0.2, 0.25) is 0 Å². The quantitative estimate of drug-likeness (QED) is 0.829. The zero-order valence-electron chi connectivity index (χ0n) is 14.0. The Labute approximate surface area is 136 Å². The first-order chi connectivity index (χ1) is 11.1. The molecule has 1 saturated heterocycles. The van der Waals surface area contributed by atoms with Gasteiger partial charge in [-0.1, -0.05) is 0 Å². The molecule has 3 rings (SSSR count). The highest BCUT2D eigenvalue weighted by Gasteiger charge is 2.22. The Kier molecular flexibility index (Phi) is 4.76. The van der Waals surface area contributed by atoms with Crippen molar-refractivity contribution in [3.05, 3.63) is 30.6 Å². The van der Waals surface area contributed by atoms with Crippen molar-refractivity contribution in [3.8, 4) is 5.88 Å². The highest BCUT2D eigenvalue weighted by atomic mass is 16.5. The summed E-state index contributed by atoms with van der Waals surface area (Å²) >= 11 is 0. The van der Waals surface area contributed by atoms with Crippen LogP contribution in [-0.2, 0) is 13.6 Å². The van der Waals surface area contributed by atoms with Crippen LogP contribution in [0.4, 0.5) is 5.82 Å². The molecule has 2 aromatic heterocycles. The van der Waals surface area contributed by atoms with Crippen molar-refractivity contribution in [2.45, 2.75) is 26.5 Å². The van der Waals surface area contributed by atoms with Crippen LogP contribution in [0.25, 0.3) is 0 Å². The average Bonchev–Trinajstić information content (AvgIpc) is 2.93. The summed E-state index contributed by atoms with van der Waals surface area (Å²) in [4.78, 5) is 17.9. The normalized spacial score (nSPS) is 16.1. The predicted octanol–water partition coefficient (Wildman–Crippen LogP) is 1.32. The lowest BCUT2D eigenvalue weighted by atomic mass is 10.3. The lowest BCUT2D eigenvalue weighted by molar-refractivity contribution is 0.224. The van der Waals surface area contributed by atoms with Crippen LogP contribution in [0.1, 0.15) is 19.7 Å². The molecule has 0 atom stereocenters. The fraction of sp³-hybridized carbons (Fsp3) is 0.562. The summed E-state index contributed by atoms with van der Waals surface area (Å²) < 4.78 is 7.86. The predicted molar refractivity (Wildman–Crippen MR) is 88.5 cm³/mol. The third kappa shape index (κ3) is 3.79. The molecule has 0 unspecified atom stereocenters. The van der Waals surface area contributed by atoms with E-state index in [1.165, 1.54) is 0 Å². The number of hydrogen-bond donors (Lipinski definition) is 0. The van der Waals surface area contributed by atoms with Crippen molar-refractivity contribution in [2.24, 2.45) is 7.05 Å². The lowest BCUT2D eigenvalue weighted by Crippen LogP contribution is -2.46. The molecular weight excluding hydrogens is 292 g/mol.